The quantitative estimate of drug-likeness (QED) is 0.803. The van der Waals surface area contributed by atoms with Crippen molar-refractivity contribution < 1.29 is 13.2 Å². The van der Waals surface area contributed by atoms with Gasteiger partial charge in [-0.05, 0) is 24.0 Å². The Morgan fingerprint density at radius 2 is 2.33 bits per heavy atom. The van der Waals surface area contributed by atoms with E-state index in [4.69, 9.17) is 16.3 Å². The molecule has 0 unspecified atom stereocenters. The minimum absolute atomic E-state index is 0.190. The highest BCUT2D eigenvalue weighted by molar-refractivity contribution is 7.91. The maximum atomic E-state index is 12.4. The molecule has 0 radical (unpaired) electrons. The van der Waals surface area contributed by atoms with Crippen molar-refractivity contribution in [2.75, 3.05) is 26.8 Å². The second-order valence-electron chi connectivity index (χ2n) is 4.40. The number of hydrogen-bond donors (Lipinski definition) is 0. The van der Waals surface area contributed by atoms with Gasteiger partial charge in [-0.3, -0.25) is 0 Å². The molecule has 0 amide bonds. The second kappa shape index (κ2) is 5.46. The second-order valence-corrected chi connectivity index (χ2v) is 8.22. The summed E-state index contributed by atoms with van der Waals surface area (Å²) in [6, 6.07) is 1.77. The first-order valence-corrected chi connectivity index (χ1v) is 8.38. The number of sulfonamides is 1. The lowest BCUT2D eigenvalue weighted by atomic mass is 10.1. The van der Waals surface area contributed by atoms with Gasteiger partial charge >= 0.3 is 0 Å². The van der Waals surface area contributed by atoms with E-state index >= 15 is 0 Å². The first-order chi connectivity index (χ1) is 8.46. The lowest BCUT2D eigenvalue weighted by Crippen LogP contribution is -2.39. The molecular weight excluding hydrogens is 294 g/mol. The molecule has 0 aliphatic carbocycles. The molecule has 1 aliphatic heterocycles. The third kappa shape index (κ3) is 2.58. The molecule has 7 heteroatoms. The van der Waals surface area contributed by atoms with Crippen molar-refractivity contribution in [2.24, 2.45) is 0 Å². The van der Waals surface area contributed by atoms with Crippen LogP contribution in [0.15, 0.2) is 10.3 Å². The molecule has 2 rings (SSSR count). The molecule has 1 aliphatic rings. The highest BCUT2D eigenvalue weighted by Gasteiger charge is 2.36. The lowest BCUT2D eigenvalue weighted by Gasteiger charge is -2.30. The van der Waals surface area contributed by atoms with Gasteiger partial charge in [-0.2, -0.15) is 4.31 Å². The Kier molecular flexibility index (Phi) is 4.33. The molecule has 0 saturated carbocycles. The predicted octanol–water partition coefficient (Wildman–Crippen LogP) is 2.55. The number of halogens is 1. The van der Waals surface area contributed by atoms with Crippen molar-refractivity contribution in [3.05, 3.63) is 16.0 Å². The van der Waals surface area contributed by atoms with Gasteiger partial charge in [0.2, 0.25) is 0 Å². The number of nitrogens with zero attached hydrogens (tertiary/aromatic N) is 1. The van der Waals surface area contributed by atoms with Gasteiger partial charge in [-0.25, -0.2) is 8.42 Å². The fraction of sp³-hybridized carbons (Fsp3) is 0.636. The summed E-state index contributed by atoms with van der Waals surface area (Å²) in [5.74, 6) is 0.190. The normalized spacial score (nSPS) is 22.9. The van der Waals surface area contributed by atoms with Crippen molar-refractivity contribution in [3.8, 4) is 0 Å². The molecule has 0 aromatic carbocycles. The fourth-order valence-electron chi connectivity index (χ4n) is 2.12. The van der Waals surface area contributed by atoms with Crippen molar-refractivity contribution in [1.82, 2.24) is 4.31 Å². The van der Waals surface area contributed by atoms with Crippen LogP contribution in [-0.4, -0.2) is 39.5 Å². The summed E-state index contributed by atoms with van der Waals surface area (Å²) < 4.78 is 32.2. The van der Waals surface area contributed by atoms with Crippen molar-refractivity contribution in [3.63, 3.8) is 0 Å². The van der Waals surface area contributed by atoms with E-state index in [1.54, 1.807) is 13.2 Å². The Hall–Kier alpha value is -0.140. The van der Waals surface area contributed by atoms with Crippen molar-refractivity contribution in [1.29, 1.82) is 0 Å². The molecule has 1 aromatic heterocycles. The summed E-state index contributed by atoms with van der Waals surface area (Å²) in [6.45, 7) is 3.61. The molecule has 0 fully saturated rings. The van der Waals surface area contributed by atoms with Crippen LogP contribution in [0.2, 0.25) is 4.34 Å². The zero-order valence-electron chi connectivity index (χ0n) is 10.3. The van der Waals surface area contributed by atoms with Gasteiger partial charge in [0.15, 0.2) is 0 Å². The van der Waals surface area contributed by atoms with Crippen LogP contribution in [0.25, 0.3) is 0 Å². The number of methoxy groups -OCH3 is 1. The Labute approximate surface area is 117 Å². The molecule has 102 valence electrons. The topological polar surface area (TPSA) is 46.6 Å². The average Bonchev–Trinajstić information content (AvgIpc) is 2.70. The molecule has 1 aromatic rings. The zero-order valence-corrected chi connectivity index (χ0v) is 12.7. The summed E-state index contributed by atoms with van der Waals surface area (Å²) in [7, 11) is -1.75. The van der Waals surface area contributed by atoms with Gasteiger partial charge in [0.1, 0.15) is 4.21 Å². The molecule has 0 bridgehead atoms. The first-order valence-electron chi connectivity index (χ1n) is 5.75. The van der Waals surface area contributed by atoms with E-state index < -0.39 is 10.0 Å². The molecule has 1 atom stereocenters. The smallest absolute Gasteiger partial charge is 0.252 e. The minimum Gasteiger partial charge on any atom is -0.385 e. The molecular formula is C11H16ClNO3S2. The van der Waals surface area contributed by atoms with Crippen LogP contribution >= 0.6 is 22.9 Å². The van der Waals surface area contributed by atoms with Crippen LogP contribution < -0.4 is 0 Å². The molecule has 4 nitrogen and oxygen atoms in total. The van der Waals surface area contributed by atoms with Gasteiger partial charge < -0.3 is 4.74 Å². The monoisotopic (exact) mass is 309 g/mol. The van der Waals surface area contributed by atoms with E-state index in [9.17, 15) is 8.42 Å². The maximum absolute atomic E-state index is 12.4. The number of rotatable bonds is 4. The highest BCUT2D eigenvalue weighted by atomic mass is 35.5. The van der Waals surface area contributed by atoms with E-state index in [2.05, 4.69) is 0 Å². The average molecular weight is 310 g/mol. The van der Waals surface area contributed by atoms with Crippen LogP contribution in [0.1, 0.15) is 24.8 Å². The summed E-state index contributed by atoms with van der Waals surface area (Å²) in [5, 5.41) is 0. The number of hydrogen-bond acceptors (Lipinski definition) is 4. The van der Waals surface area contributed by atoms with E-state index in [-0.39, 0.29) is 5.92 Å². The van der Waals surface area contributed by atoms with Gasteiger partial charge in [-0.1, -0.05) is 18.5 Å². The standard InChI is InChI=1S/C11H16ClNO3S2/c1-8-7-13(4-3-5-16-2)18(14,15)11-9(8)6-10(12)17-11/h6,8H,3-5,7H2,1-2H3/t8-/m1/s1. The summed E-state index contributed by atoms with van der Waals surface area (Å²) >= 11 is 7.08. The largest absolute Gasteiger partial charge is 0.385 e. The third-order valence-corrected chi connectivity index (χ3v) is 6.71. The number of ether oxygens (including phenoxy) is 1. The van der Waals surface area contributed by atoms with Crippen LogP contribution in [-0.2, 0) is 14.8 Å². The van der Waals surface area contributed by atoms with Crippen LogP contribution in [0.3, 0.4) is 0 Å². The summed E-state index contributed by atoms with van der Waals surface area (Å²) in [6.07, 6.45) is 0.705. The number of fused-ring (bicyclic) bond motifs is 1. The molecule has 18 heavy (non-hydrogen) atoms. The third-order valence-electron chi connectivity index (χ3n) is 3.03. The van der Waals surface area contributed by atoms with E-state index in [1.165, 1.54) is 4.31 Å². The van der Waals surface area contributed by atoms with Gasteiger partial charge in [-0.15, -0.1) is 11.3 Å². The highest BCUT2D eigenvalue weighted by Crippen LogP contribution is 2.40. The van der Waals surface area contributed by atoms with E-state index in [0.29, 0.717) is 34.7 Å². The maximum Gasteiger partial charge on any atom is 0.252 e. The Balaban J connectivity index is 2.27. The fourth-order valence-corrected chi connectivity index (χ4v) is 5.93. The summed E-state index contributed by atoms with van der Waals surface area (Å²) in [4.78, 5) is 0. The van der Waals surface area contributed by atoms with Gasteiger partial charge in [0, 0.05) is 26.8 Å². The van der Waals surface area contributed by atoms with E-state index in [0.717, 1.165) is 16.9 Å². The first kappa shape index (κ1) is 14.3. The van der Waals surface area contributed by atoms with Crippen LogP contribution in [0.5, 0.6) is 0 Å². The number of thiophene rings is 1. The van der Waals surface area contributed by atoms with Crippen molar-refractivity contribution in [2.45, 2.75) is 23.5 Å². The molecule has 0 N–H and O–H groups in total. The Bertz CT molecular complexity index is 526. The lowest BCUT2D eigenvalue weighted by molar-refractivity contribution is 0.186. The van der Waals surface area contributed by atoms with Crippen LogP contribution in [0, 0.1) is 0 Å². The van der Waals surface area contributed by atoms with Gasteiger partial charge in [0.25, 0.3) is 10.0 Å². The molecule has 0 saturated heterocycles. The molecule has 2 heterocycles. The Morgan fingerprint density at radius 1 is 1.61 bits per heavy atom. The van der Waals surface area contributed by atoms with Gasteiger partial charge in [0.05, 0.1) is 4.34 Å². The van der Waals surface area contributed by atoms with Crippen molar-refractivity contribution >= 4 is 33.0 Å². The molecule has 0 spiro atoms. The zero-order chi connectivity index (χ0) is 13.3. The Morgan fingerprint density at radius 3 is 3.00 bits per heavy atom. The summed E-state index contributed by atoms with van der Waals surface area (Å²) in [5.41, 5.74) is 0.855. The SMILES string of the molecule is COCCCN1C[C@@H](C)c2cc(Cl)sc2S1(=O)=O. The van der Waals surface area contributed by atoms with Crippen LogP contribution in [0.4, 0.5) is 0 Å². The predicted molar refractivity (Wildman–Crippen MR) is 73.0 cm³/mol. The van der Waals surface area contributed by atoms with E-state index in [1.807, 2.05) is 6.92 Å². The minimum atomic E-state index is -3.36.